The van der Waals surface area contributed by atoms with Crippen molar-refractivity contribution in [2.75, 3.05) is 4.90 Å². The summed E-state index contributed by atoms with van der Waals surface area (Å²) in [6.45, 7) is 6.10. The van der Waals surface area contributed by atoms with Crippen molar-refractivity contribution in [3.05, 3.63) is 131 Å². The van der Waals surface area contributed by atoms with E-state index in [2.05, 4.69) is 53.4 Å². The summed E-state index contributed by atoms with van der Waals surface area (Å²) < 4.78 is 6.09. The minimum Gasteiger partial charge on any atom is -0.461 e. The van der Waals surface area contributed by atoms with Gasteiger partial charge in [-0.3, -0.25) is 0 Å². The minimum absolute atomic E-state index is 0.0669. The molecule has 0 atom stereocenters. The molecule has 0 saturated heterocycles. The first-order valence-corrected chi connectivity index (χ1v) is 11.7. The van der Waals surface area contributed by atoms with E-state index in [-0.39, 0.29) is 11.0 Å². The van der Waals surface area contributed by atoms with Crippen LogP contribution < -0.4 is 4.90 Å². The largest absolute Gasteiger partial charge is 0.461 e. The molecule has 4 rings (SSSR count). The molecule has 176 valence electrons. The second-order valence-corrected chi connectivity index (χ2v) is 9.39. The van der Waals surface area contributed by atoms with Crippen LogP contribution in [0.2, 0.25) is 0 Å². The van der Waals surface area contributed by atoms with Crippen molar-refractivity contribution in [2.24, 2.45) is 5.41 Å². The molecule has 0 saturated carbocycles. The Kier molecular flexibility index (Phi) is 7.19. The number of allylic oxidation sites excluding steroid dienone is 6. The summed E-state index contributed by atoms with van der Waals surface area (Å²) in [5, 5.41) is 18.7. The standard InChI is InChI=1S/C32H27N3O/c1-32(2,3)31-21-25(26(22-33)23-34)20-30(36-31)19-16-24-14-17-29(18-15-24)35(27-10-6-4-7-11-27)28-12-8-5-9-13-28/h4-21H,1-3H3/b19-16+. The number of nitriles is 2. The molecule has 0 fully saturated rings. The smallest absolute Gasteiger partial charge is 0.137 e. The van der Waals surface area contributed by atoms with Crippen molar-refractivity contribution in [3.63, 3.8) is 0 Å². The number of hydrogen-bond acceptors (Lipinski definition) is 4. The Bertz CT molecular complexity index is 1370. The van der Waals surface area contributed by atoms with E-state index in [0.29, 0.717) is 17.1 Å². The molecule has 36 heavy (non-hydrogen) atoms. The molecule has 0 amide bonds. The lowest BCUT2D eigenvalue weighted by Crippen LogP contribution is -2.15. The highest BCUT2D eigenvalue weighted by atomic mass is 16.5. The molecule has 1 heterocycles. The summed E-state index contributed by atoms with van der Waals surface area (Å²) in [6, 6.07) is 32.8. The molecule has 0 radical (unpaired) electrons. The van der Waals surface area contributed by atoms with Crippen LogP contribution in [0, 0.1) is 28.1 Å². The van der Waals surface area contributed by atoms with E-state index >= 15 is 0 Å². The van der Waals surface area contributed by atoms with Gasteiger partial charge in [0.15, 0.2) is 0 Å². The topological polar surface area (TPSA) is 60.0 Å². The van der Waals surface area contributed by atoms with Crippen molar-refractivity contribution in [1.82, 2.24) is 0 Å². The molecule has 0 aromatic heterocycles. The van der Waals surface area contributed by atoms with Gasteiger partial charge in [0.25, 0.3) is 0 Å². The molecule has 0 aliphatic carbocycles. The van der Waals surface area contributed by atoms with Crippen LogP contribution in [0.1, 0.15) is 26.3 Å². The molecule has 0 unspecified atom stereocenters. The van der Waals surface area contributed by atoms with Crippen LogP contribution in [0.15, 0.2) is 126 Å². The van der Waals surface area contributed by atoms with E-state index in [1.54, 1.807) is 12.2 Å². The molecule has 0 spiro atoms. The molecule has 3 aromatic carbocycles. The highest BCUT2D eigenvalue weighted by molar-refractivity contribution is 5.77. The zero-order valence-electron chi connectivity index (χ0n) is 20.6. The predicted molar refractivity (Wildman–Crippen MR) is 145 cm³/mol. The van der Waals surface area contributed by atoms with Crippen LogP contribution in [-0.2, 0) is 4.74 Å². The quantitative estimate of drug-likeness (QED) is 0.352. The molecule has 1 aliphatic rings. The molecule has 0 bridgehead atoms. The maximum absolute atomic E-state index is 9.35. The SMILES string of the molecule is CC(C)(C)C1=CC(=C(C#N)C#N)C=C(/C=C/c2ccc(N(c3ccccc3)c3ccccc3)cc2)O1. The third-order valence-electron chi connectivity index (χ3n) is 5.68. The van der Waals surface area contributed by atoms with Crippen LogP contribution in [0.5, 0.6) is 0 Å². The highest BCUT2D eigenvalue weighted by Gasteiger charge is 2.24. The Hall–Kier alpha value is -4.80. The second kappa shape index (κ2) is 10.6. The number of anilines is 3. The van der Waals surface area contributed by atoms with Gasteiger partial charge in [-0.2, -0.15) is 10.5 Å². The van der Waals surface area contributed by atoms with Gasteiger partial charge in [-0.05, 0) is 60.2 Å². The van der Waals surface area contributed by atoms with Gasteiger partial charge in [0.05, 0.1) is 0 Å². The van der Waals surface area contributed by atoms with E-state index in [0.717, 1.165) is 22.6 Å². The number of nitrogens with zero attached hydrogens (tertiary/aromatic N) is 3. The van der Waals surface area contributed by atoms with Gasteiger partial charge < -0.3 is 9.64 Å². The zero-order chi connectivity index (χ0) is 25.5. The van der Waals surface area contributed by atoms with Crippen molar-refractivity contribution >= 4 is 23.1 Å². The number of hydrogen-bond donors (Lipinski definition) is 0. The Balaban J connectivity index is 1.63. The second-order valence-electron chi connectivity index (χ2n) is 9.39. The number of rotatable bonds is 5. The van der Waals surface area contributed by atoms with Crippen molar-refractivity contribution in [3.8, 4) is 12.1 Å². The average Bonchev–Trinajstić information content (AvgIpc) is 2.90. The summed E-state index contributed by atoms with van der Waals surface area (Å²) in [6.07, 6.45) is 7.34. The van der Waals surface area contributed by atoms with Gasteiger partial charge in [0.2, 0.25) is 0 Å². The summed E-state index contributed by atoms with van der Waals surface area (Å²) in [4.78, 5) is 2.21. The molecule has 4 heteroatoms. The Labute approximate surface area is 213 Å². The third kappa shape index (κ3) is 5.63. The van der Waals surface area contributed by atoms with Crippen LogP contribution >= 0.6 is 0 Å². The average molecular weight is 470 g/mol. The Morgan fingerprint density at radius 1 is 0.722 bits per heavy atom. The van der Waals surface area contributed by atoms with Crippen molar-refractivity contribution in [1.29, 1.82) is 10.5 Å². The van der Waals surface area contributed by atoms with Crippen LogP contribution in [0.25, 0.3) is 6.08 Å². The lowest BCUT2D eigenvalue weighted by Gasteiger charge is -2.26. The van der Waals surface area contributed by atoms with Crippen LogP contribution in [0.3, 0.4) is 0 Å². The van der Waals surface area contributed by atoms with Gasteiger partial charge in [0, 0.05) is 28.1 Å². The minimum atomic E-state index is -0.269. The summed E-state index contributed by atoms with van der Waals surface area (Å²) in [7, 11) is 0. The first-order chi connectivity index (χ1) is 17.4. The van der Waals surface area contributed by atoms with Gasteiger partial charge in [-0.15, -0.1) is 0 Å². The van der Waals surface area contributed by atoms with E-state index < -0.39 is 0 Å². The molecular formula is C32H27N3O. The maximum atomic E-state index is 9.35. The zero-order valence-corrected chi connectivity index (χ0v) is 20.6. The molecule has 0 N–H and O–H groups in total. The molecule has 1 aliphatic heterocycles. The number of benzene rings is 3. The van der Waals surface area contributed by atoms with Crippen LogP contribution in [-0.4, -0.2) is 0 Å². The lowest BCUT2D eigenvalue weighted by atomic mass is 9.90. The summed E-state index contributed by atoms with van der Waals surface area (Å²) in [5.74, 6) is 1.29. The van der Waals surface area contributed by atoms with Gasteiger partial charge in [0.1, 0.15) is 29.2 Å². The monoisotopic (exact) mass is 469 g/mol. The van der Waals surface area contributed by atoms with Gasteiger partial charge in [-0.1, -0.05) is 75.4 Å². The Morgan fingerprint density at radius 3 is 1.75 bits per heavy atom. The van der Waals surface area contributed by atoms with E-state index in [1.165, 1.54) is 0 Å². The van der Waals surface area contributed by atoms with Crippen LogP contribution in [0.4, 0.5) is 17.1 Å². The first kappa shape index (κ1) is 24.3. The third-order valence-corrected chi connectivity index (χ3v) is 5.68. The fraction of sp³-hybridized carbons (Fsp3) is 0.125. The summed E-state index contributed by atoms with van der Waals surface area (Å²) in [5.41, 5.74) is 4.58. The Morgan fingerprint density at radius 2 is 1.25 bits per heavy atom. The van der Waals surface area contributed by atoms with Gasteiger partial charge in [-0.25, -0.2) is 0 Å². The van der Waals surface area contributed by atoms with E-state index in [4.69, 9.17) is 4.74 Å². The van der Waals surface area contributed by atoms with E-state index in [1.807, 2.05) is 81.5 Å². The lowest BCUT2D eigenvalue weighted by molar-refractivity contribution is 0.223. The predicted octanol–water partition coefficient (Wildman–Crippen LogP) is 8.36. The molecular weight excluding hydrogens is 442 g/mol. The molecule has 4 nitrogen and oxygen atoms in total. The van der Waals surface area contributed by atoms with Crippen molar-refractivity contribution < 1.29 is 4.74 Å². The van der Waals surface area contributed by atoms with Crippen molar-refractivity contribution in [2.45, 2.75) is 20.8 Å². The highest BCUT2D eigenvalue weighted by Crippen LogP contribution is 2.35. The fourth-order valence-electron chi connectivity index (χ4n) is 3.79. The van der Waals surface area contributed by atoms with Gasteiger partial charge >= 0.3 is 0 Å². The fourth-order valence-corrected chi connectivity index (χ4v) is 3.79. The number of ether oxygens (including phenoxy) is 1. The van der Waals surface area contributed by atoms with E-state index in [9.17, 15) is 10.5 Å². The maximum Gasteiger partial charge on any atom is 0.137 e. The summed E-state index contributed by atoms with van der Waals surface area (Å²) >= 11 is 0. The molecule has 3 aromatic rings. The first-order valence-electron chi connectivity index (χ1n) is 11.7. The number of para-hydroxylation sites is 2. The normalized spacial score (nSPS) is 13.2.